The van der Waals surface area contributed by atoms with Gasteiger partial charge in [-0.1, -0.05) is 54.6 Å². The van der Waals surface area contributed by atoms with Crippen LogP contribution in [0.4, 0.5) is 5.69 Å². The Hall–Kier alpha value is -3.71. The molecule has 1 amide bonds. The van der Waals surface area contributed by atoms with Crippen molar-refractivity contribution in [1.82, 2.24) is 10.2 Å². The van der Waals surface area contributed by atoms with Gasteiger partial charge < -0.3 is 15.0 Å². The summed E-state index contributed by atoms with van der Waals surface area (Å²) in [4.78, 5) is 24.7. The largest absolute Gasteiger partial charge is 0.484 e. The predicted octanol–water partition coefficient (Wildman–Crippen LogP) is 4.02. The molecule has 0 unspecified atom stereocenters. The van der Waals surface area contributed by atoms with E-state index in [0.29, 0.717) is 6.54 Å². The number of rotatable bonds is 9. The van der Waals surface area contributed by atoms with Gasteiger partial charge in [-0.2, -0.15) is 0 Å². The lowest BCUT2D eigenvalue weighted by atomic mass is 9.98. The molecular weight excluding hydrogens is 394 g/mol. The molecule has 3 aromatic rings. The zero-order valence-electron chi connectivity index (χ0n) is 17.6. The van der Waals surface area contributed by atoms with Gasteiger partial charge in [-0.25, -0.2) is 0 Å². The van der Waals surface area contributed by atoms with Gasteiger partial charge in [0.1, 0.15) is 5.75 Å². The molecule has 0 bridgehead atoms. The van der Waals surface area contributed by atoms with E-state index in [1.165, 1.54) is 23.8 Å². The van der Waals surface area contributed by atoms with Crippen molar-refractivity contribution < 1.29 is 14.5 Å². The van der Waals surface area contributed by atoms with Crippen molar-refractivity contribution in [2.45, 2.75) is 13.1 Å². The second-order valence-corrected chi connectivity index (χ2v) is 7.41. The number of amides is 1. The Balaban J connectivity index is 1.60. The van der Waals surface area contributed by atoms with Crippen molar-refractivity contribution in [2.75, 3.05) is 20.7 Å². The Labute approximate surface area is 181 Å². The van der Waals surface area contributed by atoms with Gasteiger partial charge >= 0.3 is 0 Å². The molecule has 0 spiro atoms. The minimum absolute atomic E-state index is 0.0802. The lowest BCUT2D eigenvalue weighted by Crippen LogP contribution is -2.28. The fraction of sp³-hybridized carbons (Fsp3) is 0.208. The molecule has 0 saturated heterocycles. The highest BCUT2D eigenvalue weighted by atomic mass is 16.6. The van der Waals surface area contributed by atoms with Crippen molar-refractivity contribution >= 4 is 11.6 Å². The number of carbonyl (C=O) groups is 1. The summed E-state index contributed by atoms with van der Waals surface area (Å²) in [6.45, 7) is 1.01. The molecule has 3 aromatic carbocycles. The summed E-state index contributed by atoms with van der Waals surface area (Å²) in [5.74, 6) is -0.0230. The number of nitrogens with one attached hydrogen (secondary N) is 1. The number of nitro groups is 1. The standard InChI is InChI=1S/C24H25N3O4/c1-26(2)16-18-10-12-19(13-11-18)23-9-4-3-6-20(23)15-25-24(28)17-31-22-8-5-7-21(14-22)27(29)30/h3-14H,15-17H2,1-2H3,(H,25,28). The Bertz CT molecular complexity index is 1050. The van der Waals surface area contributed by atoms with Crippen molar-refractivity contribution in [3.8, 4) is 16.9 Å². The Morgan fingerprint density at radius 2 is 1.77 bits per heavy atom. The molecule has 7 heteroatoms. The summed E-state index contributed by atoms with van der Waals surface area (Å²) in [6.07, 6.45) is 0. The molecule has 0 radical (unpaired) electrons. The number of nitro benzene ring substituents is 1. The highest BCUT2D eigenvalue weighted by Crippen LogP contribution is 2.24. The fourth-order valence-corrected chi connectivity index (χ4v) is 3.19. The van der Waals surface area contributed by atoms with Crippen LogP contribution < -0.4 is 10.1 Å². The van der Waals surface area contributed by atoms with Gasteiger partial charge in [0.2, 0.25) is 0 Å². The molecule has 0 saturated carbocycles. The van der Waals surface area contributed by atoms with Crippen LogP contribution in [0.15, 0.2) is 72.8 Å². The molecule has 0 aliphatic rings. The average molecular weight is 419 g/mol. The van der Waals surface area contributed by atoms with Gasteiger partial charge in [0.15, 0.2) is 6.61 Å². The Kier molecular flexibility index (Phi) is 7.35. The number of carbonyl (C=O) groups excluding carboxylic acids is 1. The highest BCUT2D eigenvalue weighted by Gasteiger charge is 2.10. The van der Waals surface area contributed by atoms with Gasteiger partial charge in [-0.3, -0.25) is 14.9 Å². The average Bonchev–Trinajstić information content (AvgIpc) is 2.77. The van der Waals surface area contributed by atoms with Crippen molar-refractivity contribution in [1.29, 1.82) is 0 Å². The van der Waals surface area contributed by atoms with E-state index in [1.54, 1.807) is 6.07 Å². The Morgan fingerprint density at radius 1 is 1.03 bits per heavy atom. The topological polar surface area (TPSA) is 84.7 Å². The molecule has 0 heterocycles. The second kappa shape index (κ2) is 10.4. The first kappa shape index (κ1) is 22.0. The minimum Gasteiger partial charge on any atom is -0.484 e. The van der Waals surface area contributed by atoms with E-state index in [9.17, 15) is 14.9 Å². The number of ether oxygens (including phenoxy) is 1. The molecule has 7 nitrogen and oxygen atoms in total. The maximum Gasteiger partial charge on any atom is 0.273 e. The third kappa shape index (κ3) is 6.38. The Morgan fingerprint density at radius 3 is 2.48 bits per heavy atom. The van der Waals surface area contributed by atoms with Crippen LogP contribution >= 0.6 is 0 Å². The maximum atomic E-state index is 12.2. The van der Waals surface area contributed by atoms with Gasteiger partial charge in [-0.15, -0.1) is 0 Å². The van der Waals surface area contributed by atoms with Gasteiger partial charge in [0.25, 0.3) is 11.6 Å². The summed E-state index contributed by atoms with van der Waals surface area (Å²) in [7, 11) is 4.07. The van der Waals surface area contributed by atoms with E-state index < -0.39 is 4.92 Å². The van der Waals surface area contributed by atoms with E-state index in [1.807, 2.05) is 38.4 Å². The smallest absolute Gasteiger partial charge is 0.273 e. The summed E-state index contributed by atoms with van der Waals surface area (Å²) in [5, 5.41) is 13.7. The second-order valence-electron chi connectivity index (χ2n) is 7.41. The first-order valence-electron chi connectivity index (χ1n) is 9.88. The summed E-state index contributed by atoms with van der Waals surface area (Å²) in [6, 6.07) is 22.1. The number of hydrogen-bond acceptors (Lipinski definition) is 5. The number of nitrogens with zero attached hydrogens (tertiary/aromatic N) is 2. The third-order valence-electron chi connectivity index (χ3n) is 4.66. The van der Waals surface area contributed by atoms with Gasteiger partial charge in [0.05, 0.1) is 11.0 Å². The van der Waals surface area contributed by atoms with Crippen LogP contribution in [-0.4, -0.2) is 36.4 Å². The maximum absolute atomic E-state index is 12.2. The van der Waals surface area contributed by atoms with Crippen molar-refractivity contribution in [3.05, 3.63) is 94.0 Å². The van der Waals surface area contributed by atoms with Gasteiger partial charge in [-0.05, 0) is 42.4 Å². The van der Waals surface area contributed by atoms with E-state index in [4.69, 9.17) is 4.74 Å². The molecule has 0 aromatic heterocycles. The molecule has 1 N–H and O–H groups in total. The molecule has 31 heavy (non-hydrogen) atoms. The minimum atomic E-state index is -0.503. The lowest BCUT2D eigenvalue weighted by molar-refractivity contribution is -0.384. The normalized spacial score (nSPS) is 10.7. The highest BCUT2D eigenvalue weighted by molar-refractivity contribution is 5.78. The van der Waals surface area contributed by atoms with E-state index in [-0.39, 0.29) is 24.0 Å². The fourth-order valence-electron chi connectivity index (χ4n) is 3.19. The number of hydrogen-bond donors (Lipinski definition) is 1. The van der Waals surface area contributed by atoms with Crippen molar-refractivity contribution in [3.63, 3.8) is 0 Å². The molecular formula is C24H25N3O4. The molecule has 0 aliphatic heterocycles. The monoisotopic (exact) mass is 419 g/mol. The van der Waals surface area contributed by atoms with Crippen LogP contribution in [0, 0.1) is 10.1 Å². The van der Waals surface area contributed by atoms with Crippen LogP contribution in [0.25, 0.3) is 11.1 Å². The summed E-state index contributed by atoms with van der Waals surface area (Å²) < 4.78 is 5.39. The zero-order valence-corrected chi connectivity index (χ0v) is 17.6. The van der Waals surface area contributed by atoms with Crippen LogP contribution in [0.5, 0.6) is 5.75 Å². The van der Waals surface area contributed by atoms with Crippen molar-refractivity contribution in [2.24, 2.45) is 0 Å². The predicted molar refractivity (Wildman–Crippen MR) is 120 cm³/mol. The van der Waals surface area contributed by atoms with Crippen LogP contribution in [0.1, 0.15) is 11.1 Å². The molecule has 160 valence electrons. The van der Waals surface area contributed by atoms with E-state index in [2.05, 4.69) is 34.5 Å². The zero-order chi connectivity index (χ0) is 22.2. The quantitative estimate of drug-likeness (QED) is 0.418. The SMILES string of the molecule is CN(C)Cc1ccc(-c2ccccc2CNC(=O)COc2cccc([N+](=O)[O-])c2)cc1. The molecule has 0 fully saturated rings. The molecule has 3 rings (SSSR count). The number of benzene rings is 3. The van der Waals surface area contributed by atoms with Gasteiger partial charge in [0, 0.05) is 19.2 Å². The van der Waals surface area contributed by atoms with Crippen LogP contribution in [0.2, 0.25) is 0 Å². The first-order valence-corrected chi connectivity index (χ1v) is 9.88. The summed E-state index contributed by atoms with van der Waals surface area (Å²) >= 11 is 0. The molecule has 0 aliphatic carbocycles. The van der Waals surface area contributed by atoms with Crippen LogP contribution in [0.3, 0.4) is 0 Å². The summed E-state index contributed by atoms with van der Waals surface area (Å²) in [5.41, 5.74) is 4.28. The molecule has 0 atom stereocenters. The number of non-ortho nitro benzene ring substituents is 1. The first-order chi connectivity index (χ1) is 14.9. The lowest BCUT2D eigenvalue weighted by Gasteiger charge is -2.13. The van der Waals surface area contributed by atoms with E-state index in [0.717, 1.165) is 23.2 Å². The third-order valence-corrected chi connectivity index (χ3v) is 4.66. The van der Waals surface area contributed by atoms with Crippen LogP contribution in [-0.2, 0) is 17.9 Å². The van der Waals surface area contributed by atoms with E-state index >= 15 is 0 Å².